The molecule has 0 radical (unpaired) electrons. The molecule has 1 saturated heterocycles. The number of hydrogen-bond acceptors (Lipinski definition) is 4. The predicted molar refractivity (Wildman–Crippen MR) is 129 cm³/mol. The molecule has 0 saturated carbocycles. The third-order valence-electron chi connectivity index (χ3n) is 4.42. The van der Waals surface area contributed by atoms with Crippen LogP contribution < -0.4 is 9.64 Å². The van der Waals surface area contributed by atoms with Crippen molar-refractivity contribution in [1.82, 2.24) is 0 Å². The number of thiocarbonyl (C=S) groups is 1. The Morgan fingerprint density at radius 3 is 2.55 bits per heavy atom. The van der Waals surface area contributed by atoms with Crippen molar-refractivity contribution >= 4 is 69.2 Å². The minimum atomic E-state index is -0.373. The number of benzene rings is 3. The molecule has 4 rings (SSSR count). The summed E-state index contributed by atoms with van der Waals surface area (Å²) in [7, 11) is 0. The fourth-order valence-corrected chi connectivity index (χ4v) is 4.54. The molecule has 0 unspecified atom stereocenters. The Morgan fingerprint density at radius 2 is 1.81 bits per heavy atom. The van der Waals surface area contributed by atoms with Crippen molar-refractivity contribution in [2.75, 3.05) is 4.90 Å². The Hall–Kier alpha value is -2.38. The number of anilines is 1. The lowest BCUT2D eigenvalue weighted by Gasteiger charge is -2.14. The van der Waals surface area contributed by atoms with Gasteiger partial charge in [0.2, 0.25) is 0 Å². The molecule has 0 spiro atoms. The van der Waals surface area contributed by atoms with Gasteiger partial charge < -0.3 is 4.74 Å². The summed E-state index contributed by atoms with van der Waals surface area (Å²) in [5.41, 5.74) is 2.22. The molecule has 0 N–H and O–H groups in total. The number of rotatable bonds is 5. The molecular formula is C23H14Cl2FNO2S2. The largest absolute Gasteiger partial charge is 0.489 e. The number of nitrogens with zero attached hydrogens (tertiary/aromatic N) is 1. The van der Waals surface area contributed by atoms with Gasteiger partial charge in [0.05, 0.1) is 20.6 Å². The molecule has 3 nitrogen and oxygen atoms in total. The van der Waals surface area contributed by atoms with Gasteiger partial charge in [0.15, 0.2) is 4.32 Å². The summed E-state index contributed by atoms with van der Waals surface area (Å²) in [5.74, 6) is 0.0278. The summed E-state index contributed by atoms with van der Waals surface area (Å²) < 4.78 is 19.4. The highest BCUT2D eigenvalue weighted by Crippen LogP contribution is 2.36. The van der Waals surface area contributed by atoms with Crippen LogP contribution in [0.5, 0.6) is 5.75 Å². The average Bonchev–Trinajstić information content (AvgIpc) is 3.03. The molecule has 0 bridgehead atoms. The molecule has 3 aromatic rings. The number of thioether (sulfide) groups is 1. The van der Waals surface area contributed by atoms with Crippen molar-refractivity contribution in [3.8, 4) is 5.75 Å². The van der Waals surface area contributed by atoms with Crippen molar-refractivity contribution in [1.29, 1.82) is 0 Å². The van der Waals surface area contributed by atoms with Gasteiger partial charge in [-0.3, -0.25) is 9.69 Å². The zero-order valence-electron chi connectivity index (χ0n) is 15.8. The number of carbonyl (C=O) groups excluding carboxylic acids is 1. The standard InChI is InChI=1S/C23H14Cl2FNO2S2/c24-19-9-4-15(11-20(19)25)13-29-18-3-1-2-14(10-18)12-21-22(28)27(23(30)31-21)17-7-5-16(26)6-8-17/h1-12H,13H2. The average molecular weight is 490 g/mol. The second-order valence-electron chi connectivity index (χ2n) is 6.60. The zero-order valence-corrected chi connectivity index (χ0v) is 19.0. The van der Waals surface area contributed by atoms with E-state index < -0.39 is 0 Å². The highest BCUT2D eigenvalue weighted by Gasteiger charge is 2.33. The van der Waals surface area contributed by atoms with Crippen LogP contribution in [0, 0.1) is 5.82 Å². The Labute approximate surface area is 198 Å². The molecule has 1 heterocycles. The lowest BCUT2D eigenvalue weighted by atomic mass is 10.2. The molecule has 0 aliphatic carbocycles. The predicted octanol–water partition coefficient (Wildman–Crippen LogP) is 7.12. The van der Waals surface area contributed by atoms with Crippen LogP contribution in [0.2, 0.25) is 10.0 Å². The summed E-state index contributed by atoms with van der Waals surface area (Å²) in [6.45, 7) is 0.326. The first-order chi connectivity index (χ1) is 14.9. The highest BCUT2D eigenvalue weighted by molar-refractivity contribution is 8.27. The maximum Gasteiger partial charge on any atom is 0.270 e. The van der Waals surface area contributed by atoms with Crippen LogP contribution in [0.1, 0.15) is 11.1 Å². The molecule has 1 fully saturated rings. The highest BCUT2D eigenvalue weighted by atomic mass is 35.5. The fourth-order valence-electron chi connectivity index (χ4n) is 2.92. The molecule has 156 valence electrons. The van der Waals surface area contributed by atoms with Crippen molar-refractivity contribution in [2.45, 2.75) is 6.61 Å². The minimum Gasteiger partial charge on any atom is -0.489 e. The fraction of sp³-hybridized carbons (Fsp3) is 0.0435. The van der Waals surface area contributed by atoms with Gasteiger partial charge in [-0.05, 0) is 65.7 Å². The smallest absolute Gasteiger partial charge is 0.270 e. The van der Waals surface area contributed by atoms with E-state index >= 15 is 0 Å². The van der Waals surface area contributed by atoms with Gasteiger partial charge in [-0.1, -0.05) is 65.4 Å². The van der Waals surface area contributed by atoms with Crippen LogP contribution in [0.25, 0.3) is 6.08 Å². The van der Waals surface area contributed by atoms with Gasteiger partial charge in [-0.2, -0.15) is 0 Å². The van der Waals surface area contributed by atoms with Crippen molar-refractivity contribution < 1.29 is 13.9 Å². The van der Waals surface area contributed by atoms with Crippen LogP contribution in [-0.4, -0.2) is 10.2 Å². The topological polar surface area (TPSA) is 29.5 Å². The first kappa shape index (κ1) is 21.8. The summed E-state index contributed by atoms with van der Waals surface area (Å²) in [5, 5.41) is 0.963. The number of carbonyl (C=O) groups is 1. The summed E-state index contributed by atoms with van der Waals surface area (Å²) in [6, 6.07) is 18.4. The first-order valence-corrected chi connectivity index (χ1v) is 11.1. The molecule has 31 heavy (non-hydrogen) atoms. The van der Waals surface area contributed by atoms with Crippen molar-refractivity contribution in [3.05, 3.63) is 98.6 Å². The van der Waals surface area contributed by atoms with Gasteiger partial charge in [-0.15, -0.1) is 0 Å². The second-order valence-corrected chi connectivity index (χ2v) is 9.09. The van der Waals surface area contributed by atoms with Gasteiger partial charge in [0.1, 0.15) is 18.2 Å². The number of hydrogen-bond donors (Lipinski definition) is 0. The number of halogens is 3. The molecule has 1 aliphatic heterocycles. The van der Waals surface area contributed by atoms with E-state index in [1.807, 2.05) is 30.3 Å². The Kier molecular flexibility index (Phi) is 6.62. The maximum absolute atomic E-state index is 13.2. The van der Waals surface area contributed by atoms with E-state index in [0.717, 1.165) is 11.1 Å². The van der Waals surface area contributed by atoms with Crippen LogP contribution in [0.4, 0.5) is 10.1 Å². The summed E-state index contributed by atoms with van der Waals surface area (Å²) >= 11 is 18.5. The molecule has 8 heteroatoms. The van der Waals surface area contributed by atoms with Crippen LogP contribution in [0.15, 0.2) is 71.6 Å². The maximum atomic E-state index is 13.2. The monoisotopic (exact) mass is 489 g/mol. The Morgan fingerprint density at radius 1 is 1.03 bits per heavy atom. The van der Waals surface area contributed by atoms with Crippen LogP contribution >= 0.6 is 47.2 Å². The van der Waals surface area contributed by atoms with Crippen molar-refractivity contribution in [2.24, 2.45) is 0 Å². The van der Waals surface area contributed by atoms with Crippen LogP contribution in [0.3, 0.4) is 0 Å². The molecule has 1 amide bonds. The number of amides is 1. The lowest BCUT2D eigenvalue weighted by molar-refractivity contribution is -0.113. The zero-order chi connectivity index (χ0) is 22.0. The van der Waals surface area contributed by atoms with E-state index in [1.165, 1.54) is 40.9 Å². The third kappa shape index (κ3) is 5.10. The first-order valence-electron chi connectivity index (χ1n) is 9.11. The number of ether oxygens (including phenoxy) is 1. The van der Waals surface area contributed by atoms with E-state index in [1.54, 1.807) is 18.2 Å². The van der Waals surface area contributed by atoms with Crippen molar-refractivity contribution in [3.63, 3.8) is 0 Å². The molecule has 0 atom stereocenters. The lowest BCUT2D eigenvalue weighted by Crippen LogP contribution is -2.27. The van der Waals surface area contributed by atoms with E-state index in [-0.39, 0.29) is 11.7 Å². The van der Waals surface area contributed by atoms with E-state index in [2.05, 4.69) is 0 Å². The van der Waals surface area contributed by atoms with E-state index in [4.69, 9.17) is 40.2 Å². The minimum absolute atomic E-state index is 0.247. The van der Waals surface area contributed by atoms with Gasteiger partial charge in [0, 0.05) is 0 Å². The van der Waals surface area contributed by atoms with Gasteiger partial charge in [-0.25, -0.2) is 4.39 Å². The quantitative estimate of drug-likeness (QED) is 0.282. The van der Waals surface area contributed by atoms with E-state index in [0.29, 0.717) is 37.3 Å². The SMILES string of the molecule is O=C1C(=Cc2cccc(OCc3ccc(Cl)c(Cl)c3)c2)SC(=S)N1c1ccc(F)cc1. The molecular weight excluding hydrogens is 476 g/mol. The second kappa shape index (κ2) is 9.40. The van der Waals surface area contributed by atoms with Gasteiger partial charge >= 0.3 is 0 Å². The molecule has 3 aromatic carbocycles. The Balaban J connectivity index is 1.50. The molecule has 1 aliphatic rings. The normalized spacial score (nSPS) is 15.1. The Bertz CT molecular complexity index is 1200. The summed E-state index contributed by atoms with van der Waals surface area (Å²) in [4.78, 5) is 14.7. The summed E-state index contributed by atoms with van der Waals surface area (Å²) in [6.07, 6.45) is 1.76. The van der Waals surface area contributed by atoms with Crippen LogP contribution in [-0.2, 0) is 11.4 Å². The third-order valence-corrected chi connectivity index (χ3v) is 6.47. The van der Waals surface area contributed by atoms with E-state index in [9.17, 15) is 9.18 Å². The van der Waals surface area contributed by atoms with Gasteiger partial charge in [0.25, 0.3) is 5.91 Å². The molecule has 0 aromatic heterocycles.